The SMILES string of the molecule is C=CCOC(=O)C1=C(C)NC(=O)N[C@@H]1c1cn(-c2ccccc2)nc1-c1ccccc1. The first-order chi connectivity index (χ1) is 15.1. The van der Waals surface area contributed by atoms with Crippen molar-refractivity contribution in [2.45, 2.75) is 13.0 Å². The number of urea groups is 1. The second kappa shape index (κ2) is 8.71. The van der Waals surface area contributed by atoms with Crippen molar-refractivity contribution in [3.05, 3.63) is 96.3 Å². The fraction of sp³-hybridized carbons (Fsp3) is 0.125. The van der Waals surface area contributed by atoms with Crippen molar-refractivity contribution >= 4 is 12.0 Å². The average Bonchev–Trinajstić information content (AvgIpc) is 3.23. The van der Waals surface area contributed by atoms with E-state index in [1.165, 1.54) is 6.08 Å². The predicted molar refractivity (Wildman–Crippen MR) is 117 cm³/mol. The number of amides is 2. The van der Waals surface area contributed by atoms with Crippen LogP contribution in [-0.2, 0) is 9.53 Å². The minimum atomic E-state index is -0.723. The van der Waals surface area contributed by atoms with Crippen LogP contribution < -0.4 is 10.6 Å². The average molecular weight is 414 g/mol. The van der Waals surface area contributed by atoms with Gasteiger partial charge in [0, 0.05) is 23.0 Å². The zero-order valence-corrected chi connectivity index (χ0v) is 17.0. The van der Waals surface area contributed by atoms with Crippen molar-refractivity contribution in [3.8, 4) is 16.9 Å². The van der Waals surface area contributed by atoms with E-state index >= 15 is 0 Å². The maximum absolute atomic E-state index is 12.8. The monoisotopic (exact) mass is 414 g/mol. The summed E-state index contributed by atoms with van der Waals surface area (Å²) in [4.78, 5) is 25.1. The number of ether oxygens (including phenoxy) is 1. The van der Waals surface area contributed by atoms with Crippen LogP contribution in [-0.4, -0.2) is 28.4 Å². The number of hydrogen-bond donors (Lipinski definition) is 2. The summed E-state index contributed by atoms with van der Waals surface area (Å²) in [6, 6.07) is 18.2. The molecule has 156 valence electrons. The maximum Gasteiger partial charge on any atom is 0.338 e. The van der Waals surface area contributed by atoms with Crippen molar-refractivity contribution in [2.24, 2.45) is 0 Å². The molecule has 3 aromatic rings. The van der Waals surface area contributed by atoms with Crippen molar-refractivity contribution in [3.63, 3.8) is 0 Å². The Morgan fingerprint density at radius 3 is 2.52 bits per heavy atom. The Labute approximate surface area is 180 Å². The molecule has 0 radical (unpaired) electrons. The van der Waals surface area contributed by atoms with Gasteiger partial charge in [0.25, 0.3) is 0 Å². The molecule has 2 amide bonds. The molecule has 31 heavy (non-hydrogen) atoms. The van der Waals surface area contributed by atoms with Gasteiger partial charge in [-0.1, -0.05) is 61.2 Å². The van der Waals surface area contributed by atoms with E-state index in [1.54, 1.807) is 11.6 Å². The molecule has 1 atom stereocenters. The Morgan fingerprint density at radius 1 is 1.16 bits per heavy atom. The Bertz CT molecular complexity index is 1150. The fourth-order valence-electron chi connectivity index (χ4n) is 3.54. The third kappa shape index (κ3) is 4.11. The Morgan fingerprint density at radius 2 is 1.84 bits per heavy atom. The normalized spacial score (nSPS) is 15.8. The number of aromatic nitrogens is 2. The summed E-state index contributed by atoms with van der Waals surface area (Å²) in [5, 5.41) is 10.3. The van der Waals surface area contributed by atoms with Crippen LogP contribution in [0.1, 0.15) is 18.5 Å². The first-order valence-corrected chi connectivity index (χ1v) is 9.85. The predicted octanol–water partition coefficient (Wildman–Crippen LogP) is 3.90. The highest BCUT2D eigenvalue weighted by molar-refractivity contribution is 5.95. The van der Waals surface area contributed by atoms with Gasteiger partial charge in [-0.25, -0.2) is 14.3 Å². The quantitative estimate of drug-likeness (QED) is 0.473. The number of rotatable bonds is 6. The van der Waals surface area contributed by atoms with E-state index in [1.807, 2.05) is 66.9 Å². The third-order valence-corrected chi connectivity index (χ3v) is 4.94. The van der Waals surface area contributed by atoms with E-state index in [9.17, 15) is 9.59 Å². The second-order valence-electron chi connectivity index (χ2n) is 7.04. The van der Waals surface area contributed by atoms with E-state index < -0.39 is 18.0 Å². The molecule has 0 bridgehead atoms. The highest BCUT2D eigenvalue weighted by Gasteiger charge is 2.35. The first kappa shape index (κ1) is 20.2. The summed E-state index contributed by atoms with van der Waals surface area (Å²) in [6.45, 7) is 5.34. The summed E-state index contributed by atoms with van der Waals surface area (Å²) < 4.78 is 7.04. The topological polar surface area (TPSA) is 85.2 Å². The Kier molecular flexibility index (Phi) is 5.66. The fourth-order valence-corrected chi connectivity index (χ4v) is 3.54. The summed E-state index contributed by atoms with van der Waals surface area (Å²) in [6.07, 6.45) is 3.34. The third-order valence-electron chi connectivity index (χ3n) is 4.94. The van der Waals surface area contributed by atoms with E-state index in [0.29, 0.717) is 22.5 Å². The Balaban J connectivity index is 1.87. The van der Waals surface area contributed by atoms with Gasteiger partial charge in [-0.05, 0) is 19.1 Å². The van der Waals surface area contributed by atoms with Gasteiger partial charge in [0.15, 0.2) is 0 Å². The molecule has 2 aromatic carbocycles. The van der Waals surface area contributed by atoms with Gasteiger partial charge in [-0.2, -0.15) is 5.10 Å². The lowest BCUT2D eigenvalue weighted by Crippen LogP contribution is -2.45. The molecular formula is C24H22N4O3. The molecule has 7 heteroatoms. The lowest BCUT2D eigenvalue weighted by atomic mass is 9.94. The van der Waals surface area contributed by atoms with E-state index in [4.69, 9.17) is 9.84 Å². The molecule has 2 heterocycles. The van der Waals surface area contributed by atoms with E-state index in [-0.39, 0.29) is 6.61 Å². The van der Waals surface area contributed by atoms with Gasteiger partial charge in [-0.3, -0.25) is 0 Å². The van der Waals surface area contributed by atoms with Crippen molar-refractivity contribution in [2.75, 3.05) is 6.61 Å². The zero-order chi connectivity index (χ0) is 21.8. The number of carbonyl (C=O) groups is 2. The van der Waals surface area contributed by atoms with Gasteiger partial charge in [0.2, 0.25) is 0 Å². The standard InChI is InChI=1S/C24H22N4O3/c1-3-14-31-23(29)20-16(2)25-24(30)26-22(20)19-15-28(18-12-8-5-9-13-18)27-21(19)17-10-6-4-7-11-17/h3-13,15,22H,1,14H2,2H3,(H2,25,26,30)/t22-/m1/s1. The van der Waals surface area contributed by atoms with Crippen LogP contribution in [0.4, 0.5) is 4.79 Å². The van der Waals surface area contributed by atoms with Gasteiger partial charge >= 0.3 is 12.0 Å². The molecule has 0 unspecified atom stereocenters. The van der Waals surface area contributed by atoms with Crippen molar-refractivity contribution < 1.29 is 14.3 Å². The van der Waals surface area contributed by atoms with Gasteiger partial charge in [-0.15, -0.1) is 0 Å². The highest BCUT2D eigenvalue weighted by atomic mass is 16.5. The molecule has 0 aliphatic carbocycles. The second-order valence-corrected chi connectivity index (χ2v) is 7.04. The smallest absolute Gasteiger partial charge is 0.338 e. The number of allylic oxidation sites excluding steroid dienone is 1. The molecule has 0 fully saturated rings. The zero-order valence-electron chi connectivity index (χ0n) is 17.0. The number of hydrogen-bond acceptors (Lipinski definition) is 4. The van der Waals surface area contributed by atoms with Crippen LogP contribution >= 0.6 is 0 Å². The molecular weight excluding hydrogens is 392 g/mol. The van der Waals surface area contributed by atoms with Crippen LogP contribution in [0.15, 0.2) is 90.8 Å². The molecule has 0 spiro atoms. The van der Waals surface area contributed by atoms with Gasteiger partial charge < -0.3 is 15.4 Å². The molecule has 0 saturated carbocycles. The van der Waals surface area contributed by atoms with Crippen LogP contribution in [0.25, 0.3) is 16.9 Å². The van der Waals surface area contributed by atoms with Crippen LogP contribution in [0.2, 0.25) is 0 Å². The number of para-hydroxylation sites is 1. The highest BCUT2D eigenvalue weighted by Crippen LogP contribution is 2.34. The molecule has 2 N–H and O–H groups in total. The first-order valence-electron chi connectivity index (χ1n) is 9.85. The molecule has 1 aromatic heterocycles. The number of benzene rings is 2. The summed E-state index contributed by atoms with van der Waals surface area (Å²) >= 11 is 0. The number of nitrogens with one attached hydrogen (secondary N) is 2. The minimum Gasteiger partial charge on any atom is -0.458 e. The lowest BCUT2D eigenvalue weighted by molar-refractivity contribution is -0.138. The van der Waals surface area contributed by atoms with Crippen LogP contribution in [0.5, 0.6) is 0 Å². The van der Waals surface area contributed by atoms with Gasteiger partial charge in [0.1, 0.15) is 6.61 Å². The van der Waals surface area contributed by atoms with E-state index in [0.717, 1.165) is 11.3 Å². The minimum absolute atomic E-state index is 0.0745. The van der Waals surface area contributed by atoms with Crippen molar-refractivity contribution in [1.82, 2.24) is 20.4 Å². The van der Waals surface area contributed by atoms with Crippen LogP contribution in [0, 0.1) is 0 Å². The molecule has 1 aliphatic rings. The number of nitrogens with zero attached hydrogens (tertiary/aromatic N) is 2. The summed E-state index contributed by atoms with van der Waals surface area (Å²) in [7, 11) is 0. The summed E-state index contributed by atoms with van der Waals surface area (Å²) in [5.41, 5.74) is 3.85. The molecule has 0 saturated heterocycles. The number of carbonyl (C=O) groups excluding carboxylic acids is 2. The molecule has 7 nitrogen and oxygen atoms in total. The largest absolute Gasteiger partial charge is 0.458 e. The van der Waals surface area contributed by atoms with Crippen LogP contribution in [0.3, 0.4) is 0 Å². The van der Waals surface area contributed by atoms with Gasteiger partial charge in [0.05, 0.1) is 23.0 Å². The van der Waals surface area contributed by atoms with Crippen molar-refractivity contribution in [1.29, 1.82) is 0 Å². The maximum atomic E-state index is 12.8. The summed E-state index contributed by atoms with van der Waals surface area (Å²) in [5.74, 6) is -0.527. The molecule has 1 aliphatic heterocycles. The Hall–Kier alpha value is -4.13. The number of esters is 1. The lowest BCUT2D eigenvalue weighted by Gasteiger charge is -2.27. The molecule has 4 rings (SSSR count). The van der Waals surface area contributed by atoms with E-state index in [2.05, 4.69) is 17.2 Å².